The molecule has 6 nitrogen and oxygen atoms in total. The molecule has 2 amide bonds. The van der Waals surface area contributed by atoms with Gasteiger partial charge in [-0.15, -0.1) is 0 Å². The second-order valence-corrected chi connectivity index (χ2v) is 6.18. The zero-order chi connectivity index (χ0) is 19.8. The van der Waals surface area contributed by atoms with Gasteiger partial charge < -0.3 is 24.4 Å². The third-order valence-electron chi connectivity index (χ3n) is 3.66. The number of likely N-dealkylation sites (N-methyl/N-ethyl adjacent to an activating group) is 1. The minimum Gasteiger partial charge on any atom is -0.497 e. The van der Waals surface area contributed by atoms with E-state index in [9.17, 15) is 9.18 Å². The third kappa shape index (κ3) is 6.36. The average molecular weight is 376 g/mol. The van der Waals surface area contributed by atoms with Gasteiger partial charge in [-0.1, -0.05) is 0 Å². The molecule has 2 aromatic carbocycles. The first-order valence-electron chi connectivity index (χ1n) is 8.64. The first-order chi connectivity index (χ1) is 12.9. The Morgan fingerprint density at radius 1 is 1.11 bits per heavy atom. The van der Waals surface area contributed by atoms with E-state index in [2.05, 4.69) is 5.32 Å². The van der Waals surface area contributed by atoms with Crippen molar-refractivity contribution in [2.24, 2.45) is 0 Å². The molecule has 0 radical (unpaired) electrons. The van der Waals surface area contributed by atoms with Crippen LogP contribution in [0.1, 0.15) is 13.8 Å². The Hall–Kier alpha value is -2.96. The van der Waals surface area contributed by atoms with Crippen molar-refractivity contribution in [3.8, 4) is 17.2 Å². The van der Waals surface area contributed by atoms with Crippen molar-refractivity contribution in [2.45, 2.75) is 20.0 Å². The smallest absolute Gasteiger partial charge is 0.321 e. The summed E-state index contributed by atoms with van der Waals surface area (Å²) >= 11 is 0. The highest BCUT2D eigenvalue weighted by Gasteiger charge is 2.12. The van der Waals surface area contributed by atoms with Gasteiger partial charge in [-0.05, 0) is 50.2 Å². The second kappa shape index (κ2) is 9.66. The number of carbonyl (C=O) groups is 1. The van der Waals surface area contributed by atoms with Gasteiger partial charge in [-0.3, -0.25) is 0 Å². The lowest BCUT2D eigenvalue weighted by Crippen LogP contribution is -2.34. The number of halogens is 1. The molecule has 146 valence electrons. The quantitative estimate of drug-likeness (QED) is 0.751. The SMILES string of the molecule is COc1ccc(OCCN(C)C(=O)Nc2ccc(OC(C)C)cc2F)cc1. The molecule has 0 aliphatic carbocycles. The highest BCUT2D eigenvalue weighted by molar-refractivity contribution is 5.89. The monoisotopic (exact) mass is 376 g/mol. The van der Waals surface area contributed by atoms with Crippen LogP contribution in [0.5, 0.6) is 17.2 Å². The summed E-state index contributed by atoms with van der Waals surface area (Å²) in [5, 5.41) is 2.54. The Kier molecular flexibility index (Phi) is 7.28. The van der Waals surface area contributed by atoms with Gasteiger partial charge in [0.15, 0.2) is 0 Å². The zero-order valence-electron chi connectivity index (χ0n) is 16.0. The zero-order valence-corrected chi connectivity index (χ0v) is 16.0. The Balaban J connectivity index is 1.82. The number of rotatable bonds is 8. The fourth-order valence-corrected chi connectivity index (χ4v) is 2.23. The van der Waals surface area contributed by atoms with Crippen molar-refractivity contribution in [1.29, 1.82) is 0 Å². The van der Waals surface area contributed by atoms with Crippen molar-refractivity contribution < 1.29 is 23.4 Å². The average Bonchev–Trinajstić information content (AvgIpc) is 2.64. The van der Waals surface area contributed by atoms with Crippen molar-refractivity contribution >= 4 is 11.7 Å². The molecule has 2 aromatic rings. The first kappa shape index (κ1) is 20.4. The molecule has 0 aromatic heterocycles. The fourth-order valence-electron chi connectivity index (χ4n) is 2.23. The summed E-state index contributed by atoms with van der Waals surface area (Å²) in [6.07, 6.45) is -0.0540. The lowest BCUT2D eigenvalue weighted by atomic mass is 10.3. The molecule has 0 aliphatic rings. The summed E-state index contributed by atoms with van der Waals surface area (Å²) in [5.74, 6) is 1.29. The van der Waals surface area contributed by atoms with Gasteiger partial charge in [-0.2, -0.15) is 0 Å². The molecule has 0 saturated carbocycles. The van der Waals surface area contributed by atoms with Crippen molar-refractivity contribution in [2.75, 3.05) is 32.6 Å². The maximum Gasteiger partial charge on any atom is 0.321 e. The Morgan fingerprint density at radius 2 is 1.74 bits per heavy atom. The van der Waals surface area contributed by atoms with E-state index < -0.39 is 11.8 Å². The van der Waals surface area contributed by atoms with E-state index in [1.807, 2.05) is 13.8 Å². The van der Waals surface area contributed by atoms with Crippen LogP contribution in [-0.2, 0) is 0 Å². The van der Waals surface area contributed by atoms with E-state index in [0.717, 1.165) is 5.75 Å². The van der Waals surface area contributed by atoms with Crippen LogP contribution in [0.15, 0.2) is 42.5 Å². The molecule has 0 bridgehead atoms. The number of hydrogen-bond donors (Lipinski definition) is 1. The van der Waals surface area contributed by atoms with Crippen molar-refractivity contribution in [3.63, 3.8) is 0 Å². The normalized spacial score (nSPS) is 10.4. The topological polar surface area (TPSA) is 60.0 Å². The second-order valence-electron chi connectivity index (χ2n) is 6.18. The van der Waals surface area contributed by atoms with Crippen LogP contribution in [0.3, 0.4) is 0 Å². The Morgan fingerprint density at radius 3 is 2.33 bits per heavy atom. The van der Waals surface area contributed by atoms with E-state index >= 15 is 0 Å². The first-order valence-corrected chi connectivity index (χ1v) is 8.64. The van der Waals surface area contributed by atoms with Crippen LogP contribution in [-0.4, -0.2) is 44.3 Å². The molecule has 0 unspecified atom stereocenters. The number of urea groups is 1. The highest BCUT2D eigenvalue weighted by atomic mass is 19.1. The molecule has 0 aliphatic heterocycles. The Labute approximate surface area is 158 Å². The van der Waals surface area contributed by atoms with Crippen LogP contribution in [0.25, 0.3) is 0 Å². The van der Waals surface area contributed by atoms with Gasteiger partial charge in [0.2, 0.25) is 0 Å². The summed E-state index contributed by atoms with van der Waals surface area (Å²) in [5.41, 5.74) is 0.0963. The molecule has 1 N–H and O–H groups in total. The number of ether oxygens (including phenoxy) is 3. The molecule has 0 heterocycles. The largest absolute Gasteiger partial charge is 0.497 e. The highest BCUT2D eigenvalue weighted by Crippen LogP contribution is 2.22. The maximum absolute atomic E-state index is 14.1. The Bertz CT molecular complexity index is 750. The number of nitrogens with zero attached hydrogens (tertiary/aromatic N) is 1. The minimum absolute atomic E-state index is 0.0540. The number of anilines is 1. The van der Waals surface area contributed by atoms with Crippen molar-refractivity contribution in [1.82, 2.24) is 4.90 Å². The van der Waals surface area contributed by atoms with Crippen LogP contribution in [0, 0.1) is 5.82 Å². The maximum atomic E-state index is 14.1. The third-order valence-corrected chi connectivity index (χ3v) is 3.66. The van der Waals surface area contributed by atoms with Crippen LogP contribution in [0.2, 0.25) is 0 Å². The number of carbonyl (C=O) groups excluding carboxylic acids is 1. The molecule has 0 saturated heterocycles. The van der Waals surface area contributed by atoms with Gasteiger partial charge in [0.1, 0.15) is 29.7 Å². The van der Waals surface area contributed by atoms with Gasteiger partial charge in [0.05, 0.1) is 25.4 Å². The van der Waals surface area contributed by atoms with E-state index in [0.29, 0.717) is 24.7 Å². The van der Waals surface area contributed by atoms with Crippen LogP contribution in [0.4, 0.5) is 14.9 Å². The van der Waals surface area contributed by atoms with E-state index in [1.54, 1.807) is 44.5 Å². The lowest BCUT2D eigenvalue weighted by molar-refractivity contribution is 0.207. The molecule has 7 heteroatoms. The molecule has 2 rings (SSSR count). The summed E-state index contributed by atoms with van der Waals surface area (Å²) in [7, 11) is 3.21. The number of hydrogen-bond acceptors (Lipinski definition) is 4. The summed E-state index contributed by atoms with van der Waals surface area (Å²) in [6.45, 7) is 4.36. The van der Waals surface area contributed by atoms with Gasteiger partial charge in [0.25, 0.3) is 0 Å². The molecule has 0 atom stereocenters. The fraction of sp³-hybridized carbons (Fsp3) is 0.350. The van der Waals surface area contributed by atoms with Gasteiger partial charge in [-0.25, -0.2) is 9.18 Å². The summed E-state index contributed by atoms with van der Waals surface area (Å²) in [4.78, 5) is 13.6. The van der Waals surface area contributed by atoms with E-state index in [1.165, 1.54) is 17.0 Å². The summed E-state index contributed by atoms with van der Waals surface area (Å²) < 4.78 is 30.2. The predicted molar refractivity (Wildman–Crippen MR) is 102 cm³/mol. The van der Waals surface area contributed by atoms with Crippen molar-refractivity contribution in [3.05, 3.63) is 48.3 Å². The number of benzene rings is 2. The lowest BCUT2D eigenvalue weighted by Gasteiger charge is -2.19. The molecule has 0 fully saturated rings. The van der Waals surface area contributed by atoms with E-state index in [-0.39, 0.29) is 11.8 Å². The van der Waals surface area contributed by atoms with Gasteiger partial charge >= 0.3 is 6.03 Å². The molecular weight excluding hydrogens is 351 g/mol. The van der Waals surface area contributed by atoms with E-state index in [4.69, 9.17) is 14.2 Å². The molecule has 27 heavy (non-hydrogen) atoms. The number of methoxy groups -OCH3 is 1. The number of amides is 2. The van der Waals surface area contributed by atoms with Crippen LogP contribution >= 0.6 is 0 Å². The molecule has 0 spiro atoms. The van der Waals surface area contributed by atoms with Crippen LogP contribution < -0.4 is 19.5 Å². The summed E-state index contributed by atoms with van der Waals surface area (Å²) in [6, 6.07) is 11.1. The number of nitrogens with one attached hydrogen (secondary N) is 1. The van der Waals surface area contributed by atoms with Gasteiger partial charge in [0, 0.05) is 13.1 Å². The standard InChI is InChI=1S/C20H25FN2O4/c1-14(2)27-17-9-10-19(18(21)13-17)22-20(24)23(3)11-12-26-16-7-5-15(25-4)6-8-16/h5-10,13-14H,11-12H2,1-4H3,(H,22,24). The minimum atomic E-state index is -0.551. The predicted octanol–water partition coefficient (Wildman–Crippen LogP) is 4.16. The molecular formula is C20H25FN2O4.